The average Bonchev–Trinajstić information content (AvgIpc) is 2.66. The minimum absolute atomic E-state index is 0.204. The third kappa shape index (κ3) is 2.19. The Bertz CT molecular complexity index is 748. The summed E-state index contributed by atoms with van der Waals surface area (Å²) in [7, 11) is -0.541. The van der Waals surface area contributed by atoms with Crippen LogP contribution in [0.1, 0.15) is 11.4 Å². The Morgan fingerprint density at radius 1 is 1.20 bits per heavy atom. The molecule has 0 unspecified atom stereocenters. The Hall–Kier alpha value is -1.86. The lowest BCUT2D eigenvalue weighted by Crippen LogP contribution is -2.24. The second-order valence-corrected chi connectivity index (χ2v) is 6.87. The van der Waals surface area contributed by atoms with Crippen molar-refractivity contribution >= 4 is 15.7 Å². The first-order valence-electron chi connectivity index (χ1n) is 6.10. The third-order valence-corrected chi connectivity index (χ3v) is 5.06. The average molecular weight is 294 g/mol. The van der Waals surface area contributed by atoms with Crippen molar-refractivity contribution in [2.45, 2.75) is 18.7 Å². The maximum Gasteiger partial charge on any atom is 0.244 e. The number of benzene rings is 1. The highest BCUT2D eigenvalue weighted by Crippen LogP contribution is 2.26. The smallest absolute Gasteiger partial charge is 0.244 e. The van der Waals surface area contributed by atoms with Crippen molar-refractivity contribution in [2.75, 3.05) is 19.8 Å². The molecule has 0 radical (unpaired) electrons. The van der Waals surface area contributed by atoms with Crippen LogP contribution in [0.4, 0.5) is 5.69 Å². The molecule has 1 heterocycles. The number of aromatic nitrogens is 2. The van der Waals surface area contributed by atoms with E-state index in [1.165, 1.54) is 18.4 Å². The SMILES string of the molecule is Cc1nn(-c2ccccc2S(=O)(=O)N(C)C)c(C)c1N. The summed E-state index contributed by atoms with van der Waals surface area (Å²) in [5.41, 5.74) is 8.39. The van der Waals surface area contributed by atoms with Crippen LogP contribution in [0.5, 0.6) is 0 Å². The van der Waals surface area contributed by atoms with E-state index in [4.69, 9.17) is 5.73 Å². The van der Waals surface area contributed by atoms with Gasteiger partial charge in [-0.1, -0.05) is 12.1 Å². The van der Waals surface area contributed by atoms with E-state index in [9.17, 15) is 8.42 Å². The first-order valence-corrected chi connectivity index (χ1v) is 7.54. The molecule has 6 nitrogen and oxygen atoms in total. The maximum absolute atomic E-state index is 12.4. The first-order chi connectivity index (χ1) is 9.26. The van der Waals surface area contributed by atoms with Gasteiger partial charge in [-0.25, -0.2) is 17.4 Å². The number of hydrogen-bond donors (Lipinski definition) is 1. The molecule has 0 amide bonds. The van der Waals surface area contributed by atoms with Crippen LogP contribution < -0.4 is 5.73 Å². The molecule has 0 aliphatic rings. The van der Waals surface area contributed by atoms with E-state index >= 15 is 0 Å². The quantitative estimate of drug-likeness (QED) is 0.925. The standard InChI is InChI=1S/C13H18N4O2S/c1-9-13(14)10(2)17(15-9)11-7-5-6-8-12(11)20(18,19)16(3)4/h5-8H,14H2,1-4H3. The molecule has 0 spiro atoms. The third-order valence-electron chi connectivity index (χ3n) is 3.20. The van der Waals surface area contributed by atoms with Gasteiger partial charge in [0.2, 0.25) is 10.0 Å². The molecule has 2 N–H and O–H groups in total. The number of para-hydroxylation sites is 1. The Morgan fingerprint density at radius 2 is 1.80 bits per heavy atom. The Kier molecular flexibility index (Phi) is 3.58. The molecular weight excluding hydrogens is 276 g/mol. The highest BCUT2D eigenvalue weighted by Gasteiger charge is 2.23. The van der Waals surface area contributed by atoms with Crippen LogP contribution in [-0.2, 0) is 10.0 Å². The van der Waals surface area contributed by atoms with Crippen LogP contribution in [-0.4, -0.2) is 36.6 Å². The zero-order chi connectivity index (χ0) is 15.1. The normalized spacial score (nSPS) is 12.1. The van der Waals surface area contributed by atoms with Crippen LogP contribution in [0.15, 0.2) is 29.2 Å². The predicted octanol–water partition coefficient (Wildman–Crippen LogP) is 1.32. The minimum Gasteiger partial charge on any atom is -0.396 e. The fourth-order valence-electron chi connectivity index (χ4n) is 1.94. The van der Waals surface area contributed by atoms with Crippen molar-refractivity contribution < 1.29 is 8.42 Å². The zero-order valence-electron chi connectivity index (χ0n) is 12.0. The van der Waals surface area contributed by atoms with Crippen molar-refractivity contribution in [1.29, 1.82) is 0 Å². The number of anilines is 1. The lowest BCUT2D eigenvalue weighted by molar-refractivity contribution is 0.519. The molecule has 0 atom stereocenters. The van der Waals surface area contributed by atoms with Gasteiger partial charge in [0.1, 0.15) is 4.90 Å². The molecule has 0 fully saturated rings. The second-order valence-electron chi connectivity index (χ2n) is 4.75. The molecule has 0 saturated heterocycles. The van der Waals surface area contributed by atoms with Crippen molar-refractivity contribution in [3.8, 4) is 5.69 Å². The van der Waals surface area contributed by atoms with Gasteiger partial charge in [-0.2, -0.15) is 5.10 Å². The van der Waals surface area contributed by atoms with E-state index < -0.39 is 10.0 Å². The van der Waals surface area contributed by atoms with E-state index in [1.54, 1.807) is 35.9 Å². The summed E-state index contributed by atoms with van der Waals surface area (Å²) >= 11 is 0. The molecule has 2 aromatic rings. The summed E-state index contributed by atoms with van der Waals surface area (Å²) in [4.78, 5) is 0.204. The van der Waals surface area contributed by atoms with E-state index in [0.29, 0.717) is 17.1 Å². The van der Waals surface area contributed by atoms with Gasteiger partial charge >= 0.3 is 0 Å². The molecule has 0 aliphatic carbocycles. The molecular formula is C13H18N4O2S. The maximum atomic E-state index is 12.4. The molecule has 7 heteroatoms. The second kappa shape index (κ2) is 4.92. The highest BCUT2D eigenvalue weighted by atomic mass is 32.2. The summed E-state index contributed by atoms with van der Waals surface area (Å²) in [5.74, 6) is 0. The summed E-state index contributed by atoms with van der Waals surface area (Å²) in [6, 6.07) is 6.75. The number of nitrogen functional groups attached to an aromatic ring is 1. The van der Waals surface area contributed by atoms with Gasteiger partial charge in [-0.05, 0) is 26.0 Å². The molecule has 0 saturated carbocycles. The number of sulfonamides is 1. The van der Waals surface area contributed by atoms with Gasteiger partial charge in [0, 0.05) is 14.1 Å². The van der Waals surface area contributed by atoms with Crippen molar-refractivity contribution in [3.05, 3.63) is 35.7 Å². The van der Waals surface area contributed by atoms with Crippen LogP contribution in [0.25, 0.3) is 5.69 Å². The number of aryl methyl sites for hydroxylation is 1. The van der Waals surface area contributed by atoms with Gasteiger partial charge in [0.15, 0.2) is 0 Å². The van der Waals surface area contributed by atoms with E-state index in [1.807, 2.05) is 6.92 Å². The zero-order valence-corrected chi connectivity index (χ0v) is 12.8. The van der Waals surface area contributed by atoms with Crippen LogP contribution in [0, 0.1) is 13.8 Å². The number of rotatable bonds is 3. The van der Waals surface area contributed by atoms with Crippen LogP contribution in [0.3, 0.4) is 0 Å². The summed E-state index contributed by atoms with van der Waals surface area (Å²) in [6.45, 7) is 3.61. The minimum atomic E-state index is -3.54. The fourth-order valence-corrected chi connectivity index (χ4v) is 3.00. The van der Waals surface area contributed by atoms with Crippen molar-refractivity contribution in [1.82, 2.24) is 14.1 Å². The van der Waals surface area contributed by atoms with Gasteiger partial charge in [-0.3, -0.25) is 0 Å². The topological polar surface area (TPSA) is 81.2 Å². The monoisotopic (exact) mass is 294 g/mol. The number of hydrogen-bond acceptors (Lipinski definition) is 4. The van der Waals surface area contributed by atoms with Crippen molar-refractivity contribution in [2.24, 2.45) is 0 Å². The summed E-state index contributed by atoms with van der Waals surface area (Å²) < 4.78 is 27.5. The van der Waals surface area contributed by atoms with Gasteiger partial charge < -0.3 is 5.73 Å². The molecule has 2 rings (SSSR count). The van der Waals surface area contributed by atoms with Crippen LogP contribution >= 0.6 is 0 Å². The lowest BCUT2D eigenvalue weighted by atomic mass is 10.3. The van der Waals surface area contributed by atoms with E-state index in [2.05, 4.69) is 5.10 Å². The molecule has 20 heavy (non-hydrogen) atoms. The van der Waals surface area contributed by atoms with Gasteiger partial charge in [0.05, 0.1) is 22.8 Å². The molecule has 108 valence electrons. The number of nitrogens with two attached hydrogens (primary N) is 1. The summed E-state index contributed by atoms with van der Waals surface area (Å²) in [5, 5.41) is 4.32. The van der Waals surface area contributed by atoms with E-state index in [0.717, 1.165) is 5.69 Å². The predicted molar refractivity (Wildman–Crippen MR) is 78.3 cm³/mol. The molecule has 1 aromatic heterocycles. The first kappa shape index (κ1) is 14.5. The van der Waals surface area contributed by atoms with Gasteiger partial charge in [-0.15, -0.1) is 0 Å². The number of nitrogens with zero attached hydrogens (tertiary/aromatic N) is 3. The largest absolute Gasteiger partial charge is 0.396 e. The lowest BCUT2D eigenvalue weighted by Gasteiger charge is -2.15. The van der Waals surface area contributed by atoms with Gasteiger partial charge in [0.25, 0.3) is 0 Å². The molecule has 0 aliphatic heterocycles. The Balaban J connectivity index is 2.74. The highest BCUT2D eigenvalue weighted by molar-refractivity contribution is 7.89. The fraction of sp³-hybridized carbons (Fsp3) is 0.308. The Labute approximate surface area is 118 Å². The van der Waals surface area contributed by atoms with Crippen molar-refractivity contribution in [3.63, 3.8) is 0 Å². The summed E-state index contributed by atoms with van der Waals surface area (Å²) in [6.07, 6.45) is 0. The van der Waals surface area contributed by atoms with Crippen LogP contribution in [0.2, 0.25) is 0 Å². The molecule has 0 bridgehead atoms. The Morgan fingerprint density at radius 3 is 2.30 bits per heavy atom. The molecule has 1 aromatic carbocycles. The van der Waals surface area contributed by atoms with E-state index in [-0.39, 0.29) is 4.90 Å².